The Kier molecular flexibility index (Phi) is 6.13. The van der Waals surface area contributed by atoms with Gasteiger partial charge in [-0.15, -0.1) is 0 Å². The summed E-state index contributed by atoms with van der Waals surface area (Å²) in [5.74, 6) is -2.06. The molecule has 34 heavy (non-hydrogen) atoms. The lowest BCUT2D eigenvalue weighted by Crippen LogP contribution is -2.24. The number of carbonyl (C=O) groups is 2. The van der Waals surface area contributed by atoms with E-state index in [0.29, 0.717) is 23.5 Å². The quantitative estimate of drug-likeness (QED) is 0.555. The van der Waals surface area contributed by atoms with E-state index in [1.807, 2.05) is 24.3 Å². The van der Waals surface area contributed by atoms with E-state index in [1.54, 1.807) is 4.68 Å². The van der Waals surface area contributed by atoms with Gasteiger partial charge in [0, 0.05) is 35.5 Å². The van der Waals surface area contributed by atoms with Crippen LogP contribution in [0.5, 0.6) is 0 Å². The van der Waals surface area contributed by atoms with Crippen LogP contribution >= 0.6 is 0 Å². The first-order chi connectivity index (χ1) is 16.5. The van der Waals surface area contributed by atoms with Crippen molar-refractivity contribution >= 4 is 17.5 Å². The summed E-state index contributed by atoms with van der Waals surface area (Å²) in [7, 11) is 0. The second-order valence-electron chi connectivity index (χ2n) is 8.99. The molecule has 5 rings (SSSR count). The highest BCUT2D eigenvalue weighted by molar-refractivity contribution is 5.94. The van der Waals surface area contributed by atoms with Crippen molar-refractivity contribution in [2.75, 3.05) is 5.32 Å². The maximum Gasteiger partial charge on any atom is 0.272 e. The Hall–Kier alpha value is -3.55. The molecular weight excluding hydrogens is 438 g/mol. The van der Waals surface area contributed by atoms with Gasteiger partial charge in [0.25, 0.3) is 5.91 Å². The molecule has 8 heteroatoms. The van der Waals surface area contributed by atoms with Crippen molar-refractivity contribution < 1.29 is 18.4 Å². The van der Waals surface area contributed by atoms with Crippen LogP contribution in [0.1, 0.15) is 59.4 Å². The van der Waals surface area contributed by atoms with Gasteiger partial charge in [-0.1, -0.05) is 25.0 Å². The minimum Gasteiger partial charge on any atom is -0.347 e. The number of rotatable bonds is 6. The third kappa shape index (κ3) is 4.44. The molecule has 0 bridgehead atoms. The predicted molar refractivity (Wildman–Crippen MR) is 124 cm³/mol. The van der Waals surface area contributed by atoms with Crippen molar-refractivity contribution in [3.05, 3.63) is 76.6 Å². The summed E-state index contributed by atoms with van der Waals surface area (Å²) in [6.45, 7) is 0.277. The molecule has 176 valence electrons. The molecule has 2 amide bonds. The Labute approximate surface area is 196 Å². The molecule has 2 N–H and O–H groups in total. The Morgan fingerprint density at radius 3 is 2.62 bits per heavy atom. The molecule has 2 aromatic carbocycles. The average Bonchev–Trinajstić information content (AvgIpc) is 3.58. The smallest absolute Gasteiger partial charge is 0.272 e. The highest BCUT2D eigenvalue weighted by Gasteiger charge is 2.27. The molecule has 6 nitrogen and oxygen atoms in total. The van der Waals surface area contributed by atoms with Gasteiger partial charge in [0.15, 0.2) is 17.3 Å². The van der Waals surface area contributed by atoms with Crippen LogP contribution in [0.2, 0.25) is 0 Å². The summed E-state index contributed by atoms with van der Waals surface area (Å²) in [6.07, 6.45) is 6.37. The number of amides is 2. The van der Waals surface area contributed by atoms with Crippen molar-refractivity contribution in [1.82, 2.24) is 15.1 Å². The van der Waals surface area contributed by atoms with Crippen LogP contribution in [0.25, 0.3) is 5.69 Å². The van der Waals surface area contributed by atoms with Gasteiger partial charge < -0.3 is 10.6 Å². The fraction of sp³-hybridized carbons (Fsp3) is 0.346. The molecule has 0 aliphatic heterocycles. The van der Waals surface area contributed by atoms with Gasteiger partial charge in [-0.3, -0.25) is 9.59 Å². The lowest BCUT2D eigenvalue weighted by molar-refractivity contribution is -0.119. The number of hydrogen-bond donors (Lipinski definition) is 2. The maximum absolute atomic E-state index is 13.8. The van der Waals surface area contributed by atoms with E-state index in [0.717, 1.165) is 67.5 Å². The average molecular weight is 465 g/mol. The number of nitrogens with zero attached hydrogens (tertiary/aromatic N) is 2. The number of hydrogen-bond acceptors (Lipinski definition) is 3. The lowest BCUT2D eigenvalue weighted by atomic mass is 10.1. The summed E-state index contributed by atoms with van der Waals surface area (Å²) in [5, 5.41) is 10.3. The molecule has 2 aliphatic rings. The number of fused-ring (bicyclic) bond motifs is 1. The van der Waals surface area contributed by atoms with Crippen LogP contribution in [-0.2, 0) is 24.2 Å². The molecule has 0 spiro atoms. The molecular formula is C26H26F2N4O2. The zero-order chi connectivity index (χ0) is 23.7. The highest BCUT2D eigenvalue weighted by Crippen LogP contribution is 2.29. The molecule has 1 aromatic heterocycles. The Morgan fingerprint density at radius 2 is 1.82 bits per heavy atom. The minimum atomic E-state index is -0.953. The van der Waals surface area contributed by atoms with Crippen LogP contribution in [0.4, 0.5) is 14.5 Å². The molecule has 0 radical (unpaired) electrons. The van der Waals surface area contributed by atoms with Crippen molar-refractivity contribution in [1.29, 1.82) is 0 Å². The van der Waals surface area contributed by atoms with Gasteiger partial charge in [0.05, 0.1) is 5.69 Å². The predicted octanol–water partition coefficient (Wildman–Crippen LogP) is 4.70. The van der Waals surface area contributed by atoms with Crippen molar-refractivity contribution in [3.8, 4) is 5.69 Å². The molecule has 3 aromatic rings. The summed E-state index contributed by atoms with van der Waals surface area (Å²) >= 11 is 0. The van der Waals surface area contributed by atoms with E-state index in [1.165, 1.54) is 6.07 Å². The van der Waals surface area contributed by atoms with E-state index < -0.39 is 11.6 Å². The molecule has 2 aliphatic carbocycles. The molecule has 1 fully saturated rings. The number of nitrogens with one attached hydrogen (secondary N) is 2. The topological polar surface area (TPSA) is 76.0 Å². The normalized spacial score (nSPS) is 15.4. The van der Waals surface area contributed by atoms with E-state index in [4.69, 9.17) is 0 Å². The Bertz CT molecular complexity index is 1250. The van der Waals surface area contributed by atoms with Crippen molar-refractivity contribution in [2.24, 2.45) is 5.92 Å². The number of aromatic nitrogens is 2. The van der Waals surface area contributed by atoms with Crippen LogP contribution in [0, 0.1) is 17.6 Å². The zero-order valence-electron chi connectivity index (χ0n) is 18.7. The van der Waals surface area contributed by atoms with Gasteiger partial charge in [0.1, 0.15) is 0 Å². The van der Waals surface area contributed by atoms with Crippen LogP contribution in [0.3, 0.4) is 0 Å². The molecule has 1 heterocycles. The fourth-order valence-corrected chi connectivity index (χ4v) is 4.91. The number of anilines is 1. The second kappa shape index (κ2) is 9.37. The Balaban J connectivity index is 1.29. The monoisotopic (exact) mass is 464 g/mol. The van der Waals surface area contributed by atoms with Crippen LogP contribution in [0.15, 0.2) is 42.5 Å². The first kappa shape index (κ1) is 22.3. The number of carbonyl (C=O) groups excluding carboxylic acids is 2. The van der Waals surface area contributed by atoms with Crippen LogP contribution < -0.4 is 10.6 Å². The second-order valence-corrected chi connectivity index (χ2v) is 8.99. The van der Waals surface area contributed by atoms with Gasteiger partial charge in [-0.25, -0.2) is 13.5 Å². The lowest BCUT2D eigenvalue weighted by Gasteiger charge is -2.12. The SMILES string of the molecule is O=C(NCc1cccc(NC(=O)C2CCCC2)c1)c1nn(-c2ccc(F)c(F)c2)c2c1CCC2. The first-order valence-electron chi connectivity index (χ1n) is 11.7. The van der Waals surface area contributed by atoms with E-state index in [2.05, 4.69) is 15.7 Å². The number of halogens is 2. The molecule has 0 atom stereocenters. The third-order valence-electron chi connectivity index (χ3n) is 6.67. The maximum atomic E-state index is 13.8. The summed E-state index contributed by atoms with van der Waals surface area (Å²) < 4.78 is 28.7. The summed E-state index contributed by atoms with van der Waals surface area (Å²) in [5.41, 5.74) is 3.97. The van der Waals surface area contributed by atoms with Crippen molar-refractivity contribution in [3.63, 3.8) is 0 Å². The van der Waals surface area contributed by atoms with E-state index >= 15 is 0 Å². The van der Waals surface area contributed by atoms with Gasteiger partial charge in [0.2, 0.25) is 5.91 Å². The largest absolute Gasteiger partial charge is 0.347 e. The van der Waals surface area contributed by atoms with Gasteiger partial charge >= 0.3 is 0 Å². The van der Waals surface area contributed by atoms with E-state index in [-0.39, 0.29) is 24.3 Å². The third-order valence-corrected chi connectivity index (χ3v) is 6.67. The number of benzene rings is 2. The fourth-order valence-electron chi connectivity index (χ4n) is 4.91. The highest BCUT2D eigenvalue weighted by atomic mass is 19.2. The van der Waals surface area contributed by atoms with E-state index in [9.17, 15) is 18.4 Å². The summed E-state index contributed by atoms with van der Waals surface area (Å²) in [6, 6.07) is 11.0. The first-order valence-corrected chi connectivity index (χ1v) is 11.7. The van der Waals surface area contributed by atoms with Gasteiger partial charge in [-0.05, 0) is 61.9 Å². The molecule has 0 saturated heterocycles. The molecule has 1 saturated carbocycles. The molecule has 0 unspecified atom stereocenters. The van der Waals surface area contributed by atoms with Gasteiger partial charge in [-0.2, -0.15) is 5.10 Å². The van der Waals surface area contributed by atoms with Crippen LogP contribution in [-0.4, -0.2) is 21.6 Å². The zero-order valence-corrected chi connectivity index (χ0v) is 18.7. The standard InChI is InChI=1S/C26H26F2N4O2/c27-21-12-11-19(14-22(21)28)32-23-10-4-9-20(23)24(31-32)26(34)29-15-16-5-3-8-18(13-16)30-25(33)17-6-1-2-7-17/h3,5,8,11-14,17H,1-2,4,6-7,9-10,15H2,(H,29,34)(H,30,33). The summed E-state index contributed by atoms with van der Waals surface area (Å²) in [4.78, 5) is 25.4. The Morgan fingerprint density at radius 1 is 1.00 bits per heavy atom. The minimum absolute atomic E-state index is 0.0528. The van der Waals surface area contributed by atoms with Crippen molar-refractivity contribution in [2.45, 2.75) is 51.5 Å².